The first-order valence-electron chi connectivity index (χ1n) is 7.36. The summed E-state index contributed by atoms with van der Waals surface area (Å²) in [4.78, 5) is 2.31. The maximum absolute atomic E-state index is 2.31. The molecule has 0 spiro atoms. The van der Waals surface area contributed by atoms with Crippen molar-refractivity contribution in [2.75, 3.05) is 11.4 Å². The van der Waals surface area contributed by atoms with Crippen LogP contribution in [0.25, 0.3) is 11.1 Å². The predicted molar refractivity (Wildman–Crippen MR) is 91.0 cm³/mol. The summed E-state index contributed by atoms with van der Waals surface area (Å²) < 4.78 is 0. The van der Waals surface area contributed by atoms with E-state index >= 15 is 0 Å². The molecule has 0 heterocycles. The van der Waals surface area contributed by atoms with Gasteiger partial charge in [0.15, 0.2) is 0 Å². The van der Waals surface area contributed by atoms with Crippen LogP contribution in [0.4, 0.5) is 11.4 Å². The van der Waals surface area contributed by atoms with Crippen molar-refractivity contribution < 1.29 is 0 Å². The highest BCUT2D eigenvalue weighted by molar-refractivity contribution is 5.69. The van der Waals surface area contributed by atoms with E-state index in [0.29, 0.717) is 0 Å². The van der Waals surface area contributed by atoms with E-state index in [1.807, 2.05) is 6.07 Å². The van der Waals surface area contributed by atoms with Gasteiger partial charge in [0.25, 0.3) is 0 Å². The van der Waals surface area contributed by atoms with Gasteiger partial charge in [-0.25, -0.2) is 0 Å². The number of para-hydroxylation sites is 1. The highest BCUT2D eigenvalue weighted by atomic mass is 15.1. The van der Waals surface area contributed by atoms with Crippen molar-refractivity contribution in [1.29, 1.82) is 0 Å². The Morgan fingerprint density at radius 3 is 1.62 bits per heavy atom. The minimum atomic E-state index is 0.953. The molecule has 104 valence electrons. The highest BCUT2D eigenvalue weighted by Crippen LogP contribution is 2.27. The Morgan fingerprint density at radius 2 is 1.05 bits per heavy atom. The van der Waals surface area contributed by atoms with Crippen LogP contribution in [0.5, 0.6) is 0 Å². The highest BCUT2D eigenvalue weighted by Gasteiger charge is 2.06. The van der Waals surface area contributed by atoms with Crippen LogP contribution < -0.4 is 4.90 Å². The predicted octanol–water partition coefficient (Wildman–Crippen LogP) is 5.51. The SMILES string of the molecule is CCN(c1ccccc1)c1ccc(-c2ccccc2)cc1. The Balaban J connectivity index is 1.90. The quantitative estimate of drug-likeness (QED) is 0.605. The van der Waals surface area contributed by atoms with Gasteiger partial charge in [-0.3, -0.25) is 0 Å². The largest absolute Gasteiger partial charge is 0.342 e. The Hall–Kier alpha value is -2.54. The fourth-order valence-electron chi connectivity index (χ4n) is 2.59. The maximum atomic E-state index is 2.31. The summed E-state index contributed by atoms with van der Waals surface area (Å²) in [5.74, 6) is 0. The monoisotopic (exact) mass is 273 g/mol. The van der Waals surface area contributed by atoms with Crippen LogP contribution in [0.15, 0.2) is 84.9 Å². The van der Waals surface area contributed by atoms with Crippen molar-refractivity contribution in [3.8, 4) is 11.1 Å². The lowest BCUT2D eigenvalue weighted by atomic mass is 10.1. The summed E-state index contributed by atoms with van der Waals surface area (Å²) >= 11 is 0. The first kappa shape index (κ1) is 13.4. The molecule has 0 fully saturated rings. The van der Waals surface area contributed by atoms with E-state index in [1.54, 1.807) is 0 Å². The van der Waals surface area contributed by atoms with Gasteiger partial charge in [0.2, 0.25) is 0 Å². The van der Waals surface area contributed by atoms with Gasteiger partial charge in [0.05, 0.1) is 0 Å². The minimum absolute atomic E-state index is 0.953. The molecule has 0 aliphatic carbocycles. The minimum Gasteiger partial charge on any atom is -0.342 e. The first-order valence-corrected chi connectivity index (χ1v) is 7.36. The fraction of sp³-hybridized carbons (Fsp3) is 0.100. The van der Waals surface area contributed by atoms with Crippen LogP contribution in [0.1, 0.15) is 6.92 Å². The van der Waals surface area contributed by atoms with E-state index in [1.165, 1.54) is 22.5 Å². The van der Waals surface area contributed by atoms with Crippen molar-refractivity contribution in [3.05, 3.63) is 84.9 Å². The second-order valence-corrected chi connectivity index (χ2v) is 4.99. The molecule has 0 N–H and O–H groups in total. The van der Waals surface area contributed by atoms with E-state index in [9.17, 15) is 0 Å². The Labute approximate surface area is 126 Å². The molecule has 0 saturated heterocycles. The second kappa shape index (κ2) is 6.27. The summed E-state index contributed by atoms with van der Waals surface area (Å²) in [6, 6.07) is 29.8. The van der Waals surface area contributed by atoms with Crippen molar-refractivity contribution >= 4 is 11.4 Å². The maximum Gasteiger partial charge on any atom is 0.0411 e. The molecule has 0 aliphatic rings. The van der Waals surface area contributed by atoms with Gasteiger partial charge in [0, 0.05) is 17.9 Å². The molecule has 0 saturated carbocycles. The van der Waals surface area contributed by atoms with Gasteiger partial charge in [-0.05, 0) is 42.3 Å². The summed E-state index contributed by atoms with van der Waals surface area (Å²) in [5.41, 5.74) is 4.96. The molecule has 0 amide bonds. The molecule has 0 bridgehead atoms. The number of benzene rings is 3. The number of rotatable bonds is 4. The van der Waals surface area contributed by atoms with E-state index in [0.717, 1.165) is 6.54 Å². The summed E-state index contributed by atoms with van der Waals surface area (Å²) in [5, 5.41) is 0. The lowest BCUT2D eigenvalue weighted by Crippen LogP contribution is -2.15. The number of nitrogens with zero attached hydrogens (tertiary/aromatic N) is 1. The van der Waals surface area contributed by atoms with E-state index < -0.39 is 0 Å². The molecule has 3 aromatic carbocycles. The molecule has 3 rings (SSSR count). The standard InChI is InChI=1S/C20H19N/c1-2-21(19-11-7-4-8-12-19)20-15-13-18(14-16-20)17-9-5-3-6-10-17/h3-16H,2H2,1H3. The van der Waals surface area contributed by atoms with Crippen LogP contribution in [-0.4, -0.2) is 6.54 Å². The van der Waals surface area contributed by atoms with Crippen LogP contribution >= 0.6 is 0 Å². The number of hydrogen-bond acceptors (Lipinski definition) is 1. The summed E-state index contributed by atoms with van der Waals surface area (Å²) in [7, 11) is 0. The molecule has 21 heavy (non-hydrogen) atoms. The third kappa shape index (κ3) is 2.97. The Kier molecular flexibility index (Phi) is 4.02. The van der Waals surface area contributed by atoms with Gasteiger partial charge < -0.3 is 4.90 Å². The molecule has 0 atom stereocenters. The average molecular weight is 273 g/mol. The van der Waals surface area contributed by atoms with Crippen LogP contribution in [-0.2, 0) is 0 Å². The van der Waals surface area contributed by atoms with Crippen molar-refractivity contribution in [3.63, 3.8) is 0 Å². The molecule has 0 aliphatic heterocycles. The number of hydrogen-bond donors (Lipinski definition) is 0. The number of anilines is 2. The zero-order valence-corrected chi connectivity index (χ0v) is 12.2. The molecule has 0 aromatic heterocycles. The van der Waals surface area contributed by atoms with E-state index in [-0.39, 0.29) is 0 Å². The van der Waals surface area contributed by atoms with E-state index in [2.05, 4.69) is 90.7 Å². The zero-order valence-electron chi connectivity index (χ0n) is 12.2. The molecule has 1 heteroatoms. The molecule has 1 nitrogen and oxygen atoms in total. The lowest BCUT2D eigenvalue weighted by Gasteiger charge is -2.23. The van der Waals surface area contributed by atoms with Crippen LogP contribution in [0.3, 0.4) is 0 Å². The molecule has 0 radical (unpaired) electrons. The van der Waals surface area contributed by atoms with Gasteiger partial charge in [0.1, 0.15) is 0 Å². The zero-order chi connectivity index (χ0) is 14.5. The first-order chi connectivity index (χ1) is 10.4. The second-order valence-electron chi connectivity index (χ2n) is 4.99. The van der Waals surface area contributed by atoms with Gasteiger partial charge in [-0.2, -0.15) is 0 Å². The Bertz CT molecular complexity index is 672. The van der Waals surface area contributed by atoms with Gasteiger partial charge >= 0.3 is 0 Å². The molecular weight excluding hydrogens is 254 g/mol. The third-order valence-corrected chi connectivity index (χ3v) is 3.67. The van der Waals surface area contributed by atoms with Gasteiger partial charge in [-0.1, -0.05) is 60.7 Å². The molecule has 3 aromatic rings. The van der Waals surface area contributed by atoms with Crippen molar-refractivity contribution in [2.45, 2.75) is 6.92 Å². The smallest absolute Gasteiger partial charge is 0.0411 e. The molecule has 0 unspecified atom stereocenters. The fourth-order valence-corrected chi connectivity index (χ4v) is 2.59. The summed E-state index contributed by atoms with van der Waals surface area (Å²) in [6.45, 7) is 3.13. The topological polar surface area (TPSA) is 3.24 Å². The third-order valence-electron chi connectivity index (χ3n) is 3.67. The van der Waals surface area contributed by atoms with Crippen LogP contribution in [0, 0.1) is 0 Å². The van der Waals surface area contributed by atoms with Crippen molar-refractivity contribution in [1.82, 2.24) is 0 Å². The van der Waals surface area contributed by atoms with Gasteiger partial charge in [-0.15, -0.1) is 0 Å². The summed E-state index contributed by atoms with van der Waals surface area (Å²) in [6.07, 6.45) is 0. The van der Waals surface area contributed by atoms with Crippen LogP contribution in [0.2, 0.25) is 0 Å². The van der Waals surface area contributed by atoms with E-state index in [4.69, 9.17) is 0 Å². The van der Waals surface area contributed by atoms with Crippen molar-refractivity contribution in [2.24, 2.45) is 0 Å². The average Bonchev–Trinajstić information content (AvgIpc) is 2.58. The normalized spacial score (nSPS) is 10.3. The lowest BCUT2D eigenvalue weighted by molar-refractivity contribution is 1.02. The Morgan fingerprint density at radius 1 is 0.571 bits per heavy atom. The molecular formula is C20H19N.